The van der Waals surface area contributed by atoms with Crippen LogP contribution in [0.15, 0.2) is 0 Å². The summed E-state index contributed by atoms with van der Waals surface area (Å²) >= 11 is 0. The van der Waals surface area contributed by atoms with Crippen LogP contribution in [0.4, 0.5) is 0 Å². The van der Waals surface area contributed by atoms with Crippen molar-refractivity contribution in [2.24, 2.45) is 5.73 Å². The minimum atomic E-state index is -2.71. The molecule has 0 aliphatic heterocycles. The van der Waals surface area contributed by atoms with Crippen molar-refractivity contribution >= 4 is 0 Å². The molecule has 0 heterocycles. The third-order valence-electron chi connectivity index (χ3n) is 1.62. The van der Waals surface area contributed by atoms with E-state index in [-0.39, 0.29) is 0 Å². The first-order valence-electron chi connectivity index (χ1n) is 3.91. The molecule has 0 amide bonds. The molecule has 0 aromatic rings. The van der Waals surface area contributed by atoms with Crippen molar-refractivity contribution in [1.29, 1.82) is 0 Å². The summed E-state index contributed by atoms with van der Waals surface area (Å²) in [6.45, 7) is 2.04. The van der Waals surface area contributed by atoms with Crippen molar-refractivity contribution in [2.45, 2.75) is 44.6 Å². The lowest BCUT2D eigenvalue weighted by molar-refractivity contribution is -0.323. The van der Waals surface area contributed by atoms with Crippen molar-refractivity contribution in [3.05, 3.63) is 0 Å². The van der Waals surface area contributed by atoms with Gasteiger partial charge in [0, 0.05) is 0 Å². The van der Waals surface area contributed by atoms with Crippen LogP contribution in [0.25, 0.3) is 0 Å². The van der Waals surface area contributed by atoms with Crippen LogP contribution in [-0.4, -0.2) is 27.3 Å². The molecule has 0 saturated carbocycles. The van der Waals surface area contributed by atoms with Gasteiger partial charge in [-0.25, -0.2) is 0 Å². The fraction of sp³-hybridized carbons (Fsp3) is 1.00. The van der Waals surface area contributed by atoms with Crippen LogP contribution < -0.4 is 5.73 Å². The van der Waals surface area contributed by atoms with Crippen LogP contribution in [0.3, 0.4) is 0 Å². The Hall–Kier alpha value is -0.160. The van der Waals surface area contributed by atoms with Gasteiger partial charge in [0.2, 0.25) is 0 Å². The number of aliphatic hydroxyl groups is 3. The van der Waals surface area contributed by atoms with Gasteiger partial charge in [0.15, 0.2) is 0 Å². The van der Waals surface area contributed by atoms with Crippen LogP contribution in [0.1, 0.15) is 32.6 Å². The van der Waals surface area contributed by atoms with Crippen molar-refractivity contribution < 1.29 is 15.3 Å². The standard InChI is InChI=1S/C7H17NO3/c1-2-3-4-5-6(8)7(9,10)11/h6,9-11H,2-5,8H2,1H3. The van der Waals surface area contributed by atoms with E-state index in [4.69, 9.17) is 21.1 Å². The average Bonchev–Trinajstić information content (AvgIpc) is 1.86. The Morgan fingerprint density at radius 3 is 2.18 bits per heavy atom. The van der Waals surface area contributed by atoms with Gasteiger partial charge in [-0.15, -0.1) is 0 Å². The lowest BCUT2D eigenvalue weighted by atomic mass is 10.1. The quantitative estimate of drug-likeness (QED) is 0.326. The van der Waals surface area contributed by atoms with E-state index < -0.39 is 12.0 Å². The number of rotatable bonds is 5. The normalized spacial score (nSPS) is 15.0. The maximum Gasteiger partial charge on any atom is 0.291 e. The van der Waals surface area contributed by atoms with Gasteiger partial charge in [-0.2, -0.15) is 0 Å². The highest BCUT2D eigenvalue weighted by Crippen LogP contribution is 2.08. The molecule has 68 valence electrons. The van der Waals surface area contributed by atoms with Crippen molar-refractivity contribution in [3.8, 4) is 0 Å². The van der Waals surface area contributed by atoms with Crippen molar-refractivity contribution in [1.82, 2.24) is 0 Å². The van der Waals surface area contributed by atoms with E-state index in [0.717, 1.165) is 19.3 Å². The zero-order chi connectivity index (χ0) is 8.91. The first-order chi connectivity index (χ1) is 4.98. The first-order valence-corrected chi connectivity index (χ1v) is 3.91. The van der Waals surface area contributed by atoms with Gasteiger partial charge in [-0.3, -0.25) is 0 Å². The minimum Gasteiger partial charge on any atom is -0.342 e. The van der Waals surface area contributed by atoms with Gasteiger partial charge in [-0.1, -0.05) is 26.2 Å². The summed E-state index contributed by atoms with van der Waals surface area (Å²) < 4.78 is 0. The lowest BCUT2D eigenvalue weighted by Gasteiger charge is -2.21. The smallest absolute Gasteiger partial charge is 0.291 e. The Morgan fingerprint density at radius 2 is 1.82 bits per heavy atom. The third-order valence-corrected chi connectivity index (χ3v) is 1.62. The third kappa shape index (κ3) is 5.15. The molecular weight excluding hydrogens is 146 g/mol. The summed E-state index contributed by atoms with van der Waals surface area (Å²) in [5, 5.41) is 25.7. The Bertz CT molecular complexity index is 100. The van der Waals surface area contributed by atoms with E-state index in [2.05, 4.69) is 0 Å². The van der Waals surface area contributed by atoms with E-state index in [0.29, 0.717) is 6.42 Å². The molecule has 1 unspecified atom stereocenters. The average molecular weight is 163 g/mol. The second kappa shape index (κ2) is 4.66. The fourth-order valence-corrected chi connectivity index (χ4v) is 0.808. The van der Waals surface area contributed by atoms with Crippen LogP contribution in [0.5, 0.6) is 0 Å². The summed E-state index contributed by atoms with van der Waals surface area (Å²) in [6.07, 6.45) is 3.27. The zero-order valence-electron chi connectivity index (χ0n) is 6.82. The largest absolute Gasteiger partial charge is 0.342 e. The molecule has 1 atom stereocenters. The molecule has 11 heavy (non-hydrogen) atoms. The minimum absolute atomic E-state index is 0.428. The van der Waals surface area contributed by atoms with E-state index in [1.165, 1.54) is 0 Å². The fourth-order valence-electron chi connectivity index (χ4n) is 0.808. The highest BCUT2D eigenvalue weighted by Gasteiger charge is 2.27. The van der Waals surface area contributed by atoms with Crippen molar-refractivity contribution in [2.75, 3.05) is 0 Å². The highest BCUT2D eigenvalue weighted by molar-refractivity contribution is 4.67. The summed E-state index contributed by atoms with van der Waals surface area (Å²) in [6, 6.07) is -0.964. The monoisotopic (exact) mass is 163 g/mol. The molecule has 4 heteroatoms. The molecule has 0 radical (unpaired) electrons. The topological polar surface area (TPSA) is 86.7 Å². The molecule has 0 bridgehead atoms. The Balaban J connectivity index is 3.44. The van der Waals surface area contributed by atoms with Gasteiger partial charge < -0.3 is 21.1 Å². The highest BCUT2D eigenvalue weighted by atomic mass is 16.7. The molecule has 0 spiro atoms. The lowest BCUT2D eigenvalue weighted by Crippen LogP contribution is -2.47. The maximum atomic E-state index is 8.57. The Kier molecular flexibility index (Phi) is 4.60. The second-order valence-corrected chi connectivity index (χ2v) is 2.79. The van der Waals surface area contributed by atoms with E-state index in [1.54, 1.807) is 0 Å². The van der Waals surface area contributed by atoms with E-state index >= 15 is 0 Å². The van der Waals surface area contributed by atoms with E-state index in [1.807, 2.05) is 6.92 Å². The van der Waals surface area contributed by atoms with Crippen LogP contribution in [-0.2, 0) is 0 Å². The van der Waals surface area contributed by atoms with Gasteiger partial charge in [0.05, 0.1) is 6.04 Å². The van der Waals surface area contributed by atoms with Gasteiger partial charge in [0.25, 0.3) is 5.97 Å². The van der Waals surface area contributed by atoms with Gasteiger partial charge >= 0.3 is 0 Å². The predicted octanol–water partition coefficient (Wildman–Crippen LogP) is -0.475. The predicted molar refractivity (Wildman–Crippen MR) is 41.5 cm³/mol. The number of unbranched alkanes of at least 4 members (excludes halogenated alkanes) is 2. The summed E-state index contributed by atoms with van der Waals surface area (Å²) in [7, 11) is 0. The summed E-state index contributed by atoms with van der Waals surface area (Å²) in [5.74, 6) is -2.71. The number of hydrogen-bond acceptors (Lipinski definition) is 4. The van der Waals surface area contributed by atoms with Crippen LogP contribution in [0.2, 0.25) is 0 Å². The zero-order valence-corrected chi connectivity index (χ0v) is 6.82. The molecule has 5 N–H and O–H groups in total. The number of hydrogen-bond donors (Lipinski definition) is 4. The molecule has 0 aromatic heterocycles. The summed E-state index contributed by atoms with van der Waals surface area (Å²) in [4.78, 5) is 0. The SMILES string of the molecule is CCCCCC(N)C(O)(O)O. The molecule has 0 rings (SSSR count). The molecule has 0 aromatic carbocycles. The molecular formula is C7H17NO3. The van der Waals surface area contributed by atoms with Gasteiger partial charge in [0.1, 0.15) is 0 Å². The molecule has 0 aliphatic carbocycles. The molecule has 0 fully saturated rings. The molecule has 0 aliphatic rings. The maximum absolute atomic E-state index is 8.57. The van der Waals surface area contributed by atoms with Gasteiger partial charge in [-0.05, 0) is 6.42 Å². The number of nitrogens with two attached hydrogens (primary N) is 1. The summed E-state index contributed by atoms with van der Waals surface area (Å²) in [5.41, 5.74) is 5.24. The molecule has 0 saturated heterocycles. The first kappa shape index (κ1) is 10.8. The van der Waals surface area contributed by atoms with E-state index in [9.17, 15) is 0 Å². The van der Waals surface area contributed by atoms with Crippen LogP contribution >= 0.6 is 0 Å². The Morgan fingerprint density at radius 1 is 1.27 bits per heavy atom. The Labute approximate surface area is 66.7 Å². The molecule has 4 nitrogen and oxygen atoms in total. The van der Waals surface area contributed by atoms with Crippen LogP contribution in [0, 0.1) is 0 Å². The van der Waals surface area contributed by atoms with Crippen molar-refractivity contribution in [3.63, 3.8) is 0 Å². The second-order valence-electron chi connectivity index (χ2n) is 2.79.